The molecule has 5 heteroatoms. The second-order valence-corrected chi connectivity index (χ2v) is 6.50. The third-order valence-electron chi connectivity index (χ3n) is 4.25. The zero-order chi connectivity index (χ0) is 17.8. The Bertz CT molecular complexity index is 787. The van der Waals surface area contributed by atoms with Gasteiger partial charge >= 0.3 is 5.97 Å². The second kappa shape index (κ2) is 7.66. The second-order valence-electron chi connectivity index (χ2n) is 6.12. The van der Waals surface area contributed by atoms with E-state index in [2.05, 4.69) is 35.3 Å². The molecule has 0 saturated heterocycles. The highest BCUT2D eigenvalue weighted by atomic mass is 32.1. The number of anilines is 2. The number of benzene rings is 2. The van der Waals surface area contributed by atoms with Crippen molar-refractivity contribution in [1.29, 1.82) is 0 Å². The van der Waals surface area contributed by atoms with Crippen molar-refractivity contribution in [3.8, 4) is 0 Å². The number of fused-ring (bicyclic) bond motifs is 1. The molecule has 0 unspecified atom stereocenters. The molecule has 2 aromatic rings. The van der Waals surface area contributed by atoms with Crippen molar-refractivity contribution < 1.29 is 9.53 Å². The molecule has 0 amide bonds. The van der Waals surface area contributed by atoms with Crippen LogP contribution in [0.2, 0.25) is 0 Å². The highest BCUT2D eigenvalue weighted by molar-refractivity contribution is 7.80. The maximum Gasteiger partial charge on any atom is 0.338 e. The molecule has 0 saturated carbocycles. The smallest absolute Gasteiger partial charge is 0.338 e. The summed E-state index contributed by atoms with van der Waals surface area (Å²) in [5.41, 5.74) is 5.19. The van der Waals surface area contributed by atoms with Gasteiger partial charge in [0.25, 0.3) is 0 Å². The van der Waals surface area contributed by atoms with Crippen molar-refractivity contribution in [1.82, 2.24) is 0 Å². The summed E-state index contributed by atoms with van der Waals surface area (Å²) in [4.78, 5) is 13.9. The fourth-order valence-corrected chi connectivity index (χ4v) is 3.34. The predicted octanol–water partition coefficient (Wildman–Crippen LogP) is 4.32. The summed E-state index contributed by atoms with van der Waals surface area (Å²) >= 11 is 5.61. The van der Waals surface area contributed by atoms with Crippen LogP contribution < -0.4 is 10.2 Å². The minimum absolute atomic E-state index is 0.308. The van der Waals surface area contributed by atoms with Gasteiger partial charge in [-0.25, -0.2) is 4.79 Å². The molecule has 1 heterocycles. The van der Waals surface area contributed by atoms with E-state index in [9.17, 15) is 4.79 Å². The molecule has 3 rings (SSSR count). The first-order chi connectivity index (χ1) is 12.1. The summed E-state index contributed by atoms with van der Waals surface area (Å²) in [5, 5.41) is 3.95. The first-order valence-corrected chi connectivity index (χ1v) is 8.94. The fraction of sp³-hybridized carbons (Fsp3) is 0.300. The minimum atomic E-state index is -0.308. The molecule has 0 aliphatic carbocycles. The van der Waals surface area contributed by atoms with E-state index in [1.165, 1.54) is 16.8 Å². The van der Waals surface area contributed by atoms with E-state index in [1.807, 2.05) is 12.1 Å². The third-order valence-corrected chi connectivity index (χ3v) is 4.57. The molecule has 0 spiro atoms. The van der Waals surface area contributed by atoms with Crippen molar-refractivity contribution in [3.63, 3.8) is 0 Å². The van der Waals surface area contributed by atoms with Crippen molar-refractivity contribution in [2.75, 3.05) is 23.4 Å². The summed E-state index contributed by atoms with van der Waals surface area (Å²) < 4.78 is 5.00. The maximum absolute atomic E-state index is 11.7. The van der Waals surface area contributed by atoms with Crippen LogP contribution in [0.4, 0.5) is 11.4 Å². The Morgan fingerprint density at radius 3 is 2.72 bits per heavy atom. The third kappa shape index (κ3) is 3.99. The molecule has 130 valence electrons. The molecule has 1 aliphatic rings. The highest BCUT2D eigenvalue weighted by Gasteiger charge is 2.20. The molecule has 0 bridgehead atoms. The Labute approximate surface area is 153 Å². The Hall–Kier alpha value is -2.40. The lowest BCUT2D eigenvalue weighted by atomic mass is 10.00. The zero-order valence-electron chi connectivity index (χ0n) is 14.5. The van der Waals surface area contributed by atoms with Crippen molar-refractivity contribution in [2.24, 2.45) is 0 Å². The zero-order valence-corrected chi connectivity index (χ0v) is 15.4. The first kappa shape index (κ1) is 17.4. The number of carbonyl (C=O) groups excluding carboxylic acids is 1. The number of ether oxygens (including phenoxy) is 1. The minimum Gasteiger partial charge on any atom is -0.462 e. The van der Waals surface area contributed by atoms with Crippen molar-refractivity contribution >= 4 is 34.7 Å². The summed E-state index contributed by atoms with van der Waals surface area (Å²) in [6.07, 6.45) is 2.17. The number of thiocarbonyl (C=S) groups is 1. The van der Waals surface area contributed by atoms with E-state index < -0.39 is 0 Å². The van der Waals surface area contributed by atoms with Gasteiger partial charge < -0.3 is 15.0 Å². The quantitative estimate of drug-likeness (QED) is 0.657. The van der Waals surface area contributed by atoms with Gasteiger partial charge in [-0.15, -0.1) is 0 Å². The number of carbonyl (C=O) groups is 1. The number of nitrogens with zero attached hydrogens (tertiary/aromatic N) is 1. The van der Waals surface area contributed by atoms with Crippen LogP contribution in [0, 0.1) is 6.92 Å². The summed E-state index contributed by atoms with van der Waals surface area (Å²) in [6, 6.07) is 13.7. The van der Waals surface area contributed by atoms with Gasteiger partial charge in [-0.3, -0.25) is 0 Å². The van der Waals surface area contributed by atoms with Crippen LogP contribution >= 0.6 is 12.2 Å². The highest BCUT2D eigenvalue weighted by Crippen LogP contribution is 2.28. The lowest BCUT2D eigenvalue weighted by Crippen LogP contribution is -2.38. The van der Waals surface area contributed by atoms with Crippen LogP contribution in [-0.2, 0) is 11.2 Å². The van der Waals surface area contributed by atoms with Gasteiger partial charge in [-0.1, -0.05) is 17.7 Å². The lowest BCUT2D eigenvalue weighted by molar-refractivity contribution is 0.0526. The van der Waals surface area contributed by atoms with E-state index in [1.54, 1.807) is 19.1 Å². The Morgan fingerprint density at radius 1 is 1.24 bits per heavy atom. The topological polar surface area (TPSA) is 41.6 Å². The van der Waals surface area contributed by atoms with Crippen LogP contribution in [0.15, 0.2) is 42.5 Å². The molecule has 1 aliphatic heterocycles. The normalized spacial score (nSPS) is 13.1. The van der Waals surface area contributed by atoms with Gasteiger partial charge in [0.2, 0.25) is 0 Å². The molecule has 1 N–H and O–H groups in total. The van der Waals surface area contributed by atoms with Crippen LogP contribution in [0.1, 0.15) is 34.8 Å². The molecule has 0 fully saturated rings. The van der Waals surface area contributed by atoms with Gasteiger partial charge in [0, 0.05) is 17.9 Å². The standard InChI is InChI=1S/C20H22N2O2S/c1-3-24-19(23)15-7-9-17(10-8-15)21-20(25)22-12-4-5-16-13-14(2)6-11-18(16)22/h6-11,13H,3-5,12H2,1-2H3,(H,21,25). The molecule has 2 aromatic carbocycles. The molecule has 0 atom stereocenters. The van der Waals surface area contributed by atoms with Crippen LogP contribution in [0.5, 0.6) is 0 Å². The average Bonchev–Trinajstić information content (AvgIpc) is 2.61. The first-order valence-electron chi connectivity index (χ1n) is 8.53. The molecule has 0 radical (unpaired) electrons. The van der Waals surface area contributed by atoms with Crippen LogP contribution in [0.25, 0.3) is 0 Å². The van der Waals surface area contributed by atoms with Crippen LogP contribution in [0.3, 0.4) is 0 Å². The largest absolute Gasteiger partial charge is 0.462 e. The fourth-order valence-electron chi connectivity index (χ4n) is 3.03. The molecule has 0 aromatic heterocycles. The van der Waals surface area contributed by atoms with Gasteiger partial charge in [0.15, 0.2) is 5.11 Å². The average molecular weight is 354 g/mol. The molecular formula is C20H22N2O2S. The number of esters is 1. The summed E-state index contributed by atoms with van der Waals surface area (Å²) in [5.74, 6) is -0.308. The predicted molar refractivity (Wildman–Crippen MR) is 105 cm³/mol. The number of aryl methyl sites for hydroxylation is 2. The van der Waals surface area contributed by atoms with Gasteiger partial charge in [0.05, 0.1) is 12.2 Å². The SMILES string of the molecule is CCOC(=O)c1ccc(NC(=S)N2CCCc3cc(C)ccc32)cc1. The van der Waals surface area contributed by atoms with Gasteiger partial charge in [0.1, 0.15) is 0 Å². The van der Waals surface area contributed by atoms with E-state index in [0.29, 0.717) is 17.3 Å². The van der Waals surface area contributed by atoms with E-state index in [-0.39, 0.29) is 5.97 Å². The number of nitrogens with one attached hydrogen (secondary N) is 1. The Morgan fingerprint density at radius 2 is 2.00 bits per heavy atom. The summed E-state index contributed by atoms with van der Waals surface area (Å²) in [7, 11) is 0. The molecule has 25 heavy (non-hydrogen) atoms. The van der Waals surface area contributed by atoms with E-state index in [4.69, 9.17) is 17.0 Å². The molecule has 4 nitrogen and oxygen atoms in total. The van der Waals surface area contributed by atoms with E-state index >= 15 is 0 Å². The molecular weight excluding hydrogens is 332 g/mol. The van der Waals surface area contributed by atoms with Crippen LogP contribution in [-0.4, -0.2) is 24.2 Å². The van der Waals surface area contributed by atoms with E-state index in [0.717, 1.165) is 25.1 Å². The number of hydrogen-bond acceptors (Lipinski definition) is 3. The number of hydrogen-bond donors (Lipinski definition) is 1. The lowest BCUT2D eigenvalue weighted by Gasteiger charge is -2.32. The maximum atomic E-state index is 11.7. The van der Waals surface area contributed by atoms with Gasteiger partial charge in [-0.05, 0) is 74.8 Å². The summed E-state index contributed by atoms with van der Waals surface area (Å²) in [6.45, 7) is 5.19. The Balaban J connectivity index is 1.72. The van der Waals surface area contributed by atoms with Crippen molar-refractivity contribution in [3.05, 3.63) is 59.2 Å². The van der Waals surface area contributed by atoms with Gasteiger partial charge in [-0.2, -0.15) is 0 Å². The number of rotatable bonds is 3. The Kier molecular flexibility index (Phi) is 5.34. The monoisotopic (exact) mass is 354 g/mol. The van der Waals surface area contributed by atoms with Crippen molar-refractivity contribution in [2.45, 2.75) is 26.7 Å².